The Morgan fingerprint density at radius 2 is 1.80 bits per heavy atom. The lowest BCUT2D eigenvalue weighted by Gasteiger charge is -2.07. The Balaban J connectivity index is 1.47. The first-order chi connectivity index (χ1) is 12.3. The van der Waals surface area contributed by atoms with Gasteiger partial charge in [0.25, 0.3) is 0 Å². The van der Waals surface area contributed by atoms with Gasteiger partial charge in [0.1, 0.15) is 11.6 Å². The van der Waals surface area contributed by atoms with Crippen LogP contribution < -0.4 is 4.74 Å². The fourth-order valence-electron chi connectivity index (χ4n) is 2.66. The molecule has 4 aromatic rings. The normalized spacial score (nSPS) is 11.2. The molecule has 0 amide bonds. The van der Waals surface area contributed by atoms with Gasteiger partial charge in [-0.05, 0) is 37.6 Å². The summed E-state index contributed by atoms with van der Waals surface area (Å²) >= 11 is 1.68. The van der Waals surface area contributed by atoms with Crippen molar-refractivity contribution in [2.45, 2.75) is 18.5 Å². The quantitative estimate of drug-likeness (QED) is 0.297. The van der Waals surface area contributed by atoms with Gasteiger partial charge in [-0.1, -0.05) is 42.1 Å². The van der Waals surface area contributed by atoms with E-state index in [-0.39, 0.29) is 0 Å². The minimum Gasteiger partial charge on any atom is -0.494 e. The van der Waals surface area contributed by atoms with Crippen LogP contribution >= 0.6 is 11.8 Å². The Bertz CT molecular complexity index is 1000. The molecule has 4 rings (SSSR count). The maximum atomic E-state index is 5.74. The van der Waals surface area contributed by atoms with Crippen LogP contribution in [0.5, 0.6) is 5.75 Å². The van der Waals surface area contributed by atoms with Crippen molar-refractivity contribution in [1.29, 1.82) is 0 Å². The average molecular weight is 350 g/mol. The van der Waals surface area contributed by atoms with Gasteiger partial charge >= 0.3 is 0 Å². The third-order valence-corrected chi connectivity index (χ3v) is 4.80. The summed E-state index contributed by atoms with van der Waals surface area (Å²) in [6, 6.07) is 17.9. The van der Waals surface area contributed by atoms with E-state index >= 15 is 0 Å². The largest absolute Gasteiger partial charge is 0.494 e. The molecule has 0 saturated carbocycles. The lowest BCUT2D eigenvalue weighted by molar-refractivity contribution is 0.318. The Hall–Kier alpha value is -2.60. The first-order valence-electron chi connectivity index (χ1n) is 8.24. The molecule has 0 saturated heterocycles. The van der Waals surface area contributed by atoms with Gasteiger partial charge in [-0.3, -0.25) is 0 Å². The molecule has 0 aliphatic rings. The van der Waals surface area contributed by atoms with E-state index in [0.717, 1.165) is 45.5 Å². The second-order valence-electron chi connectivity index (χ2n) is 5.67. The minimum atomic E-state index is 0.685. The maximum Gasteiger partial charge on any atom is 0.191 e. The summed E-state index contributed by atoms with van der Waals surface area (Å²) in [5.74, 6) is 2.57. The van der Waals surface area contributed by atoms with Crippen molar-refractivity contribution >= 4 is 28.3 Å². The smallest absolute Gasteiger partial charge is 0.191 e. The molecule has 0 atom stereocenters. The summed E-state index contributed by atoms with van der Waals surface area (Å²) < 4.78 is 7.58. The van der Waals surface area contributed by atoms with E-state index in [0.29, 0.717) is 6.61 Å². The highest BCUT2D eigenvalue weighted by atomic mass is 32.2. The highest BCUT2D eigenvalue weighted by Crippen LogP contribution is 2.24. The zero-order chi connectivity index (χ0) is 17.1. The zero-order valence-electron chi connectivity index (χ0n) is 13.9. The molecule has 0 aliphatic carbocycles. The van der Waals surface area contributed by atoms with Crippen LogP contribution in [0, 0.1) is 6.92 Å². The molecule has 2 aromatic heterocycles. The molecule has 0 fully saturated rings. The van der Waals surface area contributed by atoms with Crippen molar-refractivity contribution in [3.63, 3.8) is 0 Å². The van der Waals surface area contributed by atoms with Gasteiger partial charge in [0.15, 0.2) is 10.8 Å². The molecular formula is C19H18N4OS. The maximum absolute atomic E-state index is 5.74. The molecule has 0 bridgehead atoms. The fraction of sp³-hybridized carbons (Fsp3) is 0.211. The monoisotopic (exact) mass is 350 g/mol. The van der Waals surface area contributed by atoms with Gasteiger partial charge in [0.05, 0.1) is 12.1 Å². The van der Waals surface area contributed by atoms with Gasteiger partial charge in [-0.15, -0.1) is 5.10 Å². The number of hydrogen-bond acceptors (Lipinski definition) is 5. The van der Waals surface area contributed by atoms with Crippen LogP contribution in [0.15, 0.2) is 59.8 Å². The topological polar surface area (TPSA) is 52.3 Å². The third-order valence-electron chi connectivity index (χ3n) is 3.79. The van der Waals surface area contributed by atoms with Gasteiger partial charge in [-0.2, -0.15) is 4.52 Å². The number of hydrogen-bond donors (Lipinski definition) is 0. The summed E-state index contributed by atoms with van der Waals surface area (Å²) in [6.45, 7) is 2.59. The van der Waals surface area contributed by atoms with Gasteiger partial charge in [0.2, 0.25) is 0 Å². The van der Waals surface area contributed by atoms with Crippen LogP contribution in [-0.4, -0.2) is 31.9 Å². The Kier molecular flexibility index (Phi) is 4.52. The number of benzene rings is 2. The van der Waals surface area contributed by atoms with Crippen molar-refractivity contribution in [3.8, 4) is 5.75 Å². The van der Waals surface area contributed by atoms with Crippen LogP contribution in [0.25, 0.3) is 16.6 Å². The number of fused-ring (bicyclic) bond motifs is 3. The Labute approximate surface area is 150 Å². The van der Waals surface area contributed by atoms with Crippen LogP contribution in [0.2, 0.25) is 0 Å². The van der Waals surface area contributed by atoms with E-state index in [1.807, 2.05) is 66.0 Å². The van der Waals surface area contributed by atoms with Crippen molar-refractivity contribution in [2.75, 3.05) is 12.4 Å². The molecule has 0 radical (unpaired) electrons. The minimum absolute atomic E-state index is 0.685. The number of nitrogens with zero attached hydrogens (tertiary/aromatic N) is 4. The van der Waals surface area contributed by atoms with E-state index in [1.165, 1.54) is 0 Å². The highest BCUT2D eigenvalue weighted by molar-refractivity contribution is 7.99. The second kappa shape index (κ2) is 7.11. The molecule has 2 aromatic carbocycles. The molecular weight excluding hydrogens is 332 g/mol. The third kappa shape index (κ3) is 3.44. The lowest BCUT2D eigenvalue weighted by Crippen LogP contribution is -2.01. The summed E-state index contributed by atoms with van der Waals surface area (Å²) in [7, 11) is 0. The predicted molar refractivity (Wildman–Crippen MR) is 100 cm³/mol. The number of aryl methyl sites for hydroxylation is 1. The molecule has 0 aliphatic heterocycles. The number of aromatic nitrogens is 4. The molecule has 2 heterocycles. The molecule has 0 unspecified atom stereocenters. The van der Waals surface area contributed by atoms with Crippen LogP contribution in [0.4, 0.5) is 0 Å². The lowest BCUT2D eigenvalue weighted by atomic mass is 10.2. The number of ether oxygens (including phenoxy) is 1. The van der Waals surface area contributed by atoms with E-state index in [4.69, 9.17) is 9.72 Å². The van der Waals surface area contributed by atoms with Crippen LogP contribution in [0.1, 0.15) is 12.2 Å². The van der Waals surface area contributed by atoms with Crippen LogP contribution in [-0.2, 0) is 0 Å². The molecule has 126 valence electrons. The van der Waals surface area contributed by atoms with E-state index in [9.17, 15) is 0 Å². The Morgan fingerprint density at radius 3 is 2.68 bits per heavy atom. The number of rotatable bonds is 6. The molecule has 5 nitrogen and oxygen atoms in total. The van der Waals surface area contributed by atoms with Crippen molar-refractivity contribution in [3.05, 3.63) is 60.4 Å². The molecule has 0 N–H and O–H groups in total. The van der Waals surface area contributed by atoms with E-state index in [1.54, 1.807) is 11.8 Å². The van der Waals surface area contributed by atoms with Crippen LogP contribution in [0.3, 0.4) is 0 Å². The summed E-state index contributed by atoms with van der Waals surface area (Å²) in [5, 5.41) is 6.40. The van der Waals surface area contributed by atoms with Crippen molar-refractivity contribution in [2.24, 2.45) is 0 Å². The molecule has 25 heavy (non-hydrogen) atoms. The van der Waals surface area contributed by atoms with Gasteiger partial charge < -0.3 is 4.74 Å². The van der Waals surface area contributed by atoms with Crippen molar-refractivity contribution in [1.82, 2.24) is 19.6 Å². The fourth-order valence-corrected chi connectivity index (χ4v) is 3.51. The summed E-state index contributed by atoms with van der Waals surface area (Å²) in [5.41, 5.74) is 1.82. The average Bonchev–Trinajstić information content (AvgIpc) is 3.04. The Morgan fingerprint density at radius 1 is 1.00 bits per heavy atom. The molecule has 6 heteroatoms. The standard InChI is InChI=1S/C19H18N4OS/c1-14-20-18-16-10-5-6-11-17(16)21-19(23(18)22-14)25-13-7-12-24-15-8-3-2-4-9-15/h2-6,8-11H,7,12-13H2,1H3. The highest BCUT2D eigenvalue weighted by Gasteiger charge is 2.11. The zero-order valence-corrected chi connectivity index (χ0v) is 14.7. The van der Waals surface area contributed by atoms with E-state index < -0.39 is 0 Å². The second-order valence-corrected chi connectivity index (χ2v) is 6.73. The SMILES string of the molecule is Cc1nc2c3ccccc3nc(SCCCOc3ccccc3)n2n1. The summed E-state index contributed by atoms with van der Waals surface area (Å²) in [4.78, 5) is 9.31. The molecule has 0 spiro atoms. The first-order valence-corrected chi connectivity index (χ1v) is 9.22. The van der Waals surface area contributed by atoms with Gasteiger partial charge in [-0.25, -0.2) is 9.97 Å². The number of para-hydroxylation sites is 2. The van der Waals surface area contributed by atoms with E-state index in [2.05, 4.69) is 10.1 Å². The number of thioether (sulfide) groups is 1. The van der Waals surface area contributed by atoms with Gasteiger partial charge in [0, 0.05) is 11.1 Å². The summed E-state index contributed by atoms with van der Waals surface area (Å²) in [6.07, 6.45) is 0.934. The predicted octanol–water partition coefficient (Wildman–Crippen LogP) is 4.15. The first kappa shape index (κ1) is 15.9. The van der Waals surface area contributed by atoms with Crippen molar-refractivity contribution < 1.29 is 4.74 Å².